The predicted molar refractivity (Wildman–Crippen MR) is 91.3 cm³/mol. The smallest absolute Gasteiger partial charge is 0.241 e. The Morgan fingerprint density at radius 1 is 1.27 bits per heavy atom. The summed E-state index contributed by atoms with van der Waals surface area (Å²) in [6, 6.07) is 8.91. The number of benzene rings is 1. The van der Waals surface area contributed by atoms with Crippen molar-refractivity contribution in [3.8, 4) is 0 Å². The van der Waals surface area contributed by atoms with Gasteiger partial charge in [0.2, 0.25) is 5.91 Å². The minimum atomic E-state index is -0.123. The fourth-order valence-corrected chi connectivity index (χ4v) is 4.30. The lowest BCUT2D eigenvalue weighted by Crippen LogP contribution is -2.54. The molecule has 120 valence electrons. The van der Waals surface area contributed by atoms with Gasteiger partial charge >= 0.3 is 0 Å². The predicted octanol–water partition coefficient (Wildman–Crippen LogP) is 3.84. The zero-order valence-electron chi connectivity index (χ0n) is 14.1. The molecule has 1 atom stereocenters. The normalized spacial score (nSPS) is 24.3. The highest BCUT2D eigenvalue weighted by molar-refractivity contribution is 5.97. The molecule has 3 nitrogen and oxygen atoms in total. The summed E-state index contributed by atoms with van der Waals surface area (Å²) in [6.07, 6.45) is 6.02. The van der Waals surface area contributed by atoms with E-state index >= 15 is 0 Å². The third-order valence-electron chi connectivity index (χ3n) is 5.27. The van der Waals surface area contributed by atoms with E-state index in [1.54, 1.807) is 0 Å². The van der Waals surface area contributed by atoms with Gasteiger partial charge in [-0.3, -0.25) is 4.79 Å². The van der Waals surface area contributed by atoms with E-state index in [9.17, 15) is 4.79 Å². The number of hydrogen-bond acceptors (Lipinski definition) is 2. The molecular weight excluding hydrogens is 272 g/mol. The molecule has 1 saturated carbocycles. The zero-order chi connectivity index (χ0) is 15.7. The quantitative estimate of drug-likeness (QED) is 0.920. The van der Waals surface area contributed by atoms with Gasteiger partial charge in [0.25, 0.3) is 0 Å². The molecule has 2 aliphatic rings. The lowest BCUT2D eigenvalue weighted by Gasteiger charge is -2.46. The molecule has 0 unspecified atom stereocenters. The SMILES string of the molecule is C[C@@H]1CC(C)(C)N(C(=O)CNC2CCCC2)c2ccccc21. The Morgan fingerprint density at radius 3 is 2.68 bits per heavy atom. The Hall–Kier alpha value is -1.35. The molecule has 3 rings (SSSR count). The van der Waals surface area contributed by atoms with Crippen molar-refractivity contribution >= 4 is 11.6 Å². The van der Waals surface area contributed by atoms with Crippen LogP contribution in [0.2, 0.25) is 0 Å². The summed E-state index contributed by atoms with van der Waals surface area (Å²) in [5.41, 5.74) is 2.28. The molecule has 1 aliphatic carbocycles. The Labute approximate surface area is 134 Å². The average Bonchev–Trinajstić information content (AvgIpc) is 2.97. The molecule has 0 aromatic heterocycles. The van der Waals surface area contributed by atoms with Crippen LogP contribution in [0.3, 0.4) is 0 Å². The minimum absolute atomic E-state index is 0.123. The van der Waals surface area contributed by atoms with Gasteiger partial charge < -0.3 is 10.2 Å². The molecule has 1 amide bonds. The maximum absolute atomic E-state index is 12.9. The summed E-state index contributed by atoms with van der Waals surface area (Å²) >= 11 is 0. The first kappa shape index (κ1) is 15.5. The summed E-state index contributed by atoms with van der Waals surface area (Å²) in [6.45, 7) is 7.09. The molecule has 1 aromatic rings. The summed E-state index contributed by atoms with van der Waals surface area (Å²) in [5.74, 6) is 0.703. The monoisotopic (exact) mass is 300 g/mol. The Kier molecular flexibility index (Phi) is 4.26. The largest absolute Gasteiger partial charge is 0.306 e. The van der Waals surface area contributed by atoms with Crippen LogP contribution in [0.15, 0.2) is 24.3 Å². The Bertz CT molecular complexity index is 546. The lowest BCUT2D eigenvalue weighted by molar-refractivity contribution is -0.119. The summed E-state index contributed by atoms with van der Waals surface area (Å²) in [5, 5.41) is 3.47. The second kappa shape index (κ2) is 6.04. The Morgan fingerprint density at radius 2 is 1.95 bits per heavy atom. The van der Waals surface area contributed by atoms with E-state index < -0.39 is 0 Å². The van der Waals surface area contributed by atoms with Crippen molar-refractivity contribution < 1.29 is 4.79 Å². The number of carbonyl (C=O) groups excluding carboxylic acids is 1. The second-order valence-corrected chi connectivity index (χ2v) is 7.57. The van der Waals surface area contributed by atoms with Crippen molar-refractivity contribution in [2.45, 2.75) is 70.4 Å². The number of anilines is 1. The first-order valence-electron chi connectivity index (χ1n) is 8.64. The number of rotatable bonds is 3. The molecule has 0 spiro atoms. The van der Waals surface area contributed by atoms with Crippen LogP contribution in [0.5, 0.6) is 0 Å². The molecule has 1 aromatic carbocycles. The van der Waals surface area contributed by atoms with Gasteiger partial charge in [-0.2, -0.15) is 0 Å². The van der Waals surface area contributed by atoms with Gasteiger partial charge in [-0.25, -0.2) is 0 Å². The zero-order valence-corrected chi connectivity index (χ0v) is 14.1. The number of amides is 1. The van der Waals surface area contributed by atoms with Gasteiger partial charge in [0, 0.05) is 17.3 Å². The molecule has 1 heterocycles. The van der Waals surface area contributed by atoms with Crippen LogP contribution in [0.1, 0.15) is 64.4 Å². The average molecular weight is 300 g/mol. The summed E-state index contributed by atoms with van der Waals surface area (Å²) in [4.78, 5) is 14.9. The van der Waals surface area contributed by atoms with E-state index in [0.29, 0.717) is 18.5 Å². The fraction of sp³-hybridized carbons (Fsp3) is 0.632. The van der Waals surface area contributed by atoms with Crippen molar-refractivity contribution in [1.29, 1.82) is 0 Å². The molecular formula is C19H28N2O. The second-order valence-electron chi connectivity index (χ2n) is 7.57. The molecule has 1 fully saturated rings. The van der Waals surface area contributed by atoms with Crippen LogP contribution in [-0.2, 0) is 4.79 Å². The third-order valence-corrected chi connectivity index (χ3v) is 5.27. The number of nitrogens with zero attached hydrogens (tertiary/aromatic N) is 1. The topological polar surface area (TPSA) is 32.3 Å². The Balaban J connectivity index is 1.80. The molecule has 0 saturated heterocycles. The van der Waals surface area contributed by atoms with Crippen molar-refractivity contribution in [3.63, 3.8) is 0 Å². The van der Waals surface area contributed by atoms with Gasteiger partial charge in [-0.15, -0.1) is 0 Å². The van der Waals surface area contributed by atoms with Crippen LogP contribution in [0.4, 0.5) is 5.69 Å². The highest BCUT2D eigenvalue weighted by Gasteiger charge is 2.39. The van der Waals surface area contributed by atoms with Gasteiger partial charge in [0.15, 0.2) is 0 Å². The number of fused-ring (bicyclic) bond motifs is 1. The van der Waals surface area contributed by atoms with Crippen LogP contribution < -0.4 is 10.2 Å². The lowest BCUT2D eigenvalue weighted by atomic mass is 9.80. The van der Waals surface area contributed by atoms with Crippen LogP contribution in [0, 0.1) is 0 Å². The van der Waals surface area contributed by atoms with E-state index in [2.05, 4.69) is 44.3 Å². The minimum Gasteiger partial charge on any atom is -0.306 e. The number of nitrogens with one attached hydrogen (secondary N) is 1. The summed E-state index contributed by atoms with van der Waals surface area (Å²) in [7, 11) is 0. The number of hydrogen-bond donors (Lipinski definition) is 1. The maximum Gasteiger partial charge on any atom is 0.241 e. The van der Waals surface area contributed by atoms with Crippen LogP contribution in [-0.4, -0.2) is 24.0 Å². The van der Waals surface area contributed by atoms with Crippen molar-refractivity contribution in [2.75, 3.05) is 11.4 Å². The van der Waals surface area contributed by atoms with Gasteiger partial charge in [-0.05, 0) is 50.7 Å². The molecule has 1 N–H and O–H groups in total. The fourth-order valence-electron chi connectivity index (χ4n) is 4.30. The third kappa shape index (κ3) is 2.91. The number of para-hydroxylation sites is 1. The van der Waals surface area contributed by atoms with Crippen molar-refractivity contribution in [2.24, 2.45) is 0 Å². The van der Waals surface area contributed by atoms with E-state index in [1.807, 2.05) is 11.0 Å². The van der Waals surface area contributed by atoms with Crippen LogP contribution in [0.25, 0.3) is 0 Å². The van der Waals surface area contributed by atoms with E-state index in [0.717, 1.165) is 12.1 Å². The first-order valence-corrected chi connectivity index (χ1v) is 8.64. The van der Waals surface area contributed by atoms with Crippen molar-refractivity contribution in [3.05, 3.63) is 29.8 Å². The van der Waals surface area contributed by atoms with Crippen molar-refractivity contribution in [1.82, 2.24) is 5.32 Å². The molecule has 1 aliphatic heterocycles. The van der Waals surface area contributed by atoms with E-state index in [4.69, 9.17) is 0 Å². The van der Waals surface area contributed by atoms with Gasteiger partial charge in [0.05, 0.1) is 6.54 Å². The van der Waals surface area contributed by atoms with E-state index in [1.165, 1.54) is 31.2 Å². The molecule has 3 heteroatoms. The highest BCUT2D eigenvalue weighted by atomic mass is 16.2. The molecule has 22 heavy (non-hydrogen) atoms. The first-order chi connectivity index (χ1) is 10.5. The number of carbonyl (C=O) groups is 1. The standard InChI is InChI=1S/C19H28N2O/c1-14-12-19(2,3)21(17-11-7-6-10-16(14)17)18(22)13-20-15-8-4-5-9-15/h6-7,10-11,14-15,20H,4-5,8-9,12-13H2,1-3H3/t14-/m1/s1. The maximum atomic E-state index is 12.9. The van der Waals surface area contributed by atoms with Gasteiger partial charge in [0.1, 0.15) is 0 Å². The van der Waals surface area contributed by atoms with Crippen LogP contribution >= 0.6 is 0 Å². The molecule has 0 radical (unpaired) electrons. The molecule has 0 bridgehead atoms. The van der Waals surface area contributed by atoms with Gasteiger partial charge in [-0.1, -0.05) is 38.0 Å². The summed E-state index contributed by atoms with van der Waals surface area (Å²) < 4.78 is 0. The van der Waals surface area contributed by atoms with E-state index in [-0.39, 0.29) is 11.4 Å². The highest BCUT2D eigenvalue weighted by Crippen LogP contribution is 2.43.